The minimum atomic E-state index is 0.234. The predicted octanol–water partition coefficient (Wildman–Crippen LogP) is 3.23. The van der Waals surface area contributed by atoms with E-state index in [1.54, 1.807) is 0 Å². The van der Waals surface area contributed by atoms with Crippen molar-refractivity contribution in [3.8, 4) is 0 Å². The SMILES string of the molecule is Cc1ccc(CCC(=O)N[C@H]2C[C@@H]3CC[C@@H]2C3)cc1. The lowest BCUT2D eigenvalue weighted by Crippen LogP contribution is -2.38. The van der Waals surface area contributed by atoms with Crippen molar-refractivity contribution in [3.05, 3.63) is 35.4 Å². The second-order valence-electron chi connectivity index (χ2n) is 6.33. The molecule has 2 nitrogen and oxygen atoms in total. The quantitative estimate of drug-likeness (QED) is 0.881. The highest BCUT2D eigenvalue weighted by Gasteiger charge is 2.39. The van der Waals surface area contributed by atoms with Crippen molar-refractivity contribution in [2.75, 3.05) is 0 Å². The van der Waals surface area contributed by atoms with E-state index in [9.17, 15) is 4.79 Å². The molecule has 0 aromatic heterocycles. The maximum atomic E-state index is 12.0. The Morgan fingerprint density at radius 3 is 2.63 bits per heavy atom. The van der Waals surface area contributed by atoms with Crippen LogP contribution in [0.15, 0.2) is 24.3 Å². The molecule has 2 fully saturated rings. The zero-order valence-corrected chi connectivity index (χ0v) is 11.7. The summed E-state index contributed by atoms with van der Waals surface area (Å²) in [6, 6.07) is 8.95. The van der Waals surface area contributed by atoms with Gasteiger partial charge in [-0.25, -0.2) is 0 Å². The van der Waals surface area contributed by atoms with E-state index in [0.717, 1.165) is 18.3 Å². The van der Waals surface area contributed by atoms with E-state index in [0.29, 0.717) is 12.5 Å². The van der Waals surface area contributed by atoms with Crippen molar-refractivity contribution in [3.63, 3.8) is 0 Å². The van der Waals surface area contributed by atoms with Gasteiger partial charge in [0.1, 0.15) is 0 Å². The van der Waals surface area contributed by atoms with Crippen molar-refractivity contribution in [2.24, 2.45) is 11.8 Å². The lowest BCUT2D eigenvalue weighted by atomic mass is 9.95. The number of hydrogen-bond donors (Lipinski definition) is 1. The Morgan fingerprint density at radius 1 is 1.21 bits per heavy atom. The van der Waals surface area contributed by atoms with Gasteiger partial charge in [-0.05, 0) is 50.0 Å². The molecule has 1 aromatic rings. The number of carbonyl (C=O) groups excluding carboxylic acids is 1. The highest BCUT2D eigenvalue weighted by molar-refractivity contribution is 5.76. The maximum absolute atomic E-state index is 12.0. The Bertz CT molecular complexity index is 451. The van der Waals surface area contributed by atoms with E-state index in [2.05, 4.69) is 36.5 Å². The van der Waals surface area contributed by atoms with E-state index < -0.39 is 0 Å². The van der Waals surface area contributed by atoms with Gasteiger partial charge in [-0.3, -0.25) is 4.79 Å². The standard InChI is InChI=1S/C17H23NO/c1-12-2-4-13(5-3-12)7-9-17(19)18-16-11-14-6-8-15(16)10-14/h2-5,14-16H,6-11H2,1H3,(H,18,19)/t14-,15-,16+/m1/s1. The highest BCUT2D eigenvalue weighted by atomic mass is 16.1. The first kappa shape index (κ1) is 12.7. The van der Waals surface area contributed by atoms with Gasteiger partial charge >= 0.3 is 0 Å². The van der Waals surface area contributed by atoms with Crippen LogP contribution in [-0.4, -0.2) is 11.9 Å². The average Bonchev–Trinajstić information content (AvgIpc) is 3.00. The number of benzene rings is 1. The van der Waals surface area contributed by atoms with Crippen LogP contribution in [0.3, 0.4) is 0 Å². The molecule has 102 valence electrons. The third kappa shape index (κ3) is 2.99. The average molecular weight is 257 g/mol. The largest absolute Gasteiger partial charge is 0.353 e. The van der Waals surface area contributed by atoms with Crippen LogP contribution in [0.25, 0.3) is 0 Å². The predicted molar refractivity (Wildman–Crippen MR) is 76.9 cm³/mol. The Labute approximate surface area is 115 Å². The Kier molecular flexibility index (Phi) is 3.58. The van der Waals surface area contributed by atoms with Gasteiger partial charge in [-0.15, -0.1) is 0 Å². The fraction of sp³-hybridized carbons (Fsp3) is 0.588. The second kappa shape index (κ2) is 5.36. The first-order chi connectivity index (χ1) is 9.20. The molecule has 0 aliphatic heterocycles. The van der Waals surface area contributed by atoms with E-state index in [1.165, 1.54) is 36.8 Å². The third-order valence-corrected chi connectivity index (χ3v) is 4.85. The molecular weight excluding hydrogens is 234 g/mol. The summed E-state index contributed by atoms with van der Waals surface area (Å²) in [5, 5.41) is 3.25. The number of rotatable bonds is 4. The fourth-order valence-corrected chi connectivity index (χ4v) is 3.71. The second-order valence-corrected chi connectivity index (χ2v) is 6.33. The number of hydrogen-bond acceptors (Lipinski definition) is 1. The van der Waals surface area contributed by atoms with Crippen LogP contribution in [0, 0.1) is 18.8 Å². The van der Waals surface area contributed by atoms with Gasteiger partial charge in [0.25, 0.3) is 0 Å². The molecule has 2 aliphatic carbocycles. The summed E-state index contributed by atoms with van der Waals surface area (Å²) in [7, 11) is 0. The van der Waals surface area contributed by atoms with Crippen LogP contribution in [-0.2, 0) is 11.2 Å². The summed E-state index contributed by atoms with van der Waals surface area (Å²) in [6.07, 6.45) is 6.77. The van der Waals surface area contributed by atoms with Crippen LogP contribution in [0.4, 0.5) is 0 Å². The molecule has 3 rings (SSSR count). The van der Waals surface area contributed by atoms with Gasteiger partial charge in [-0.2, -0.15) is 0 Å². The molecular formula is C17H23NO. The molecule has 0 unspecified atom stereocenters. The summed E-state index contributed by atoms with van der Waals surface area (Å²) in [6.45, 7) is 2.09. The van der Waals surface area contributed by atoms with Crippen LogP contribution in [0.5, 0.6) is 0 Å². The number of nitrogens with one attached hydrogen (secondary N) is 1. The molecule has 1 aromatic carbocycles. The zero-order chi connectivity index (χ0) is 13.2. The van der Waals surface area contributed by atoms with Crippen molar-refractivity contribution in [1.82, 2.24) is 5.32 Å². The molecule has 2 aliphatic rings. The Morgan fingerprint density at radius 2 is 2.00 bits per heavy atom. The van der Waals surface area contributed by atoms with Crippen molar-refractivity contribution in [2.45, 2.75) is 51.5 Å². The highest BCUT2D eigenvalue weighted by Crippen LogP contribution is 2.44. The molecule has 1 N–H and O–H groups in total. The summed E-state index contributed by atoms with van der Waals surface area (Å²) in [4.78, 5) is 12.0. The van der Waals surface area contributed by atoms with Crippen molar-refractivity contribution < 1.29 is 4.79 Å². The molecule has 0 heterocycles. The van der Waals surface area contributed by atoms with E-state index >= 15 is 0 Å². The van der Waals surface area contributed by atoms with E-state index in [1.807, 2.05) is 0 Å². The number of fused-ring (bicyclic) bond motifs is 2. The van der Waals surface area contributed by atoms with Gasteiger partial charge in [0.15, 0.2) is 0 Å². The molecule has 0 spiro atoms. The summed E-state index contributed by atoms with van der Waals surface area (Å²) < 4.78 is 0. The molecule has 2 bridgehead atoms. The minimum absolute atomic E-state index is 0.234. The topological polar surface area (TPSA) is 29.1 Å². The monoisotopic (exact) mass is 257 g/mol. The van der Waals surface area contributed by atoms with Gasteiger partial charge < -0.3 is 5.32 Å². The van der Waals surface area contributed by atoms with Gasteiger partial charge in [0.05, 0.1) is 0 Å². The minimum Gasteiger partial charge on any atom is -0.353 e. The molecule has 2 saturated carbocycles. The lowest BCUT2D eigenvalue weighted by Gasteiger charge is -2.22. The zero-order valence-electron chi connectivity index (χ0n) is 11.7. The normalized spacial score (nSPS) is 28.6. The molecule has 3 atom stereocenters. The maximum Gasteiger partial charge on any atom is 0.220 e. The van der Waals surface area contributed by atoms with Crippen molar-refractivity contribution in [1.29, 1.82) is 0 Å². The first-order valence-electron chi connectivity index (χ1n) is 7.55. The third-order valence-electron chi connectivity index (χ3n) is 4.85. The smallest absolute Gasteiger partial charge is 0.220 e. The Hall–Kier alpha value is -1.31. The number of carbonyl (C=O) groups is 1. The first-order valence-corrected chi connectivity index (χ1v) is 7.55. The molecule has 2 heteroatoms. The molecule has 1 amide bonds. The van der Waals surface area contributed by atoms with Crippen LogP contribution >= 0.6 is 0 Å². The van der Waals surface area contributed by atoms with E-state index in [-0.39, 0.29) is 5.91 Å². The van der Waals surface area contributed by atoms with E-state index in [4.69, 9.17) is 0 Å². The summed E-state index contributed by atoms with van der Waals surface area (Å²) >= 11 is 0. The molecule has 19 heavy (non-hydrogen) atoms. The number of aryl methyl sites for hydroxylation is 2. The van der Waals surface area contributed by atoms with Crippen LogP contribution in [0.2, 0.25) is 0 Å². The Balaban J connectivity index is 1.45. The summed E-state index contributed by atoms with van der Waals surface area (Å²) in [5.41, 5.74) is 2.53. The molecule has 0 radical (unpaired) electrons. The lowest BCUT2D eigenvalue weighted by molar-refractivity contribution is -0.122. The van der Waals surface area contributed by atoms with Gasteiger partial charge in [0, 0.05) is 12.5 Å². The fourth-order valence-electron chi connectivity index (χ4n) is 3.71. The van der Waals surface area contributed by atoms with Crippen LogP contribution in [0.1, 0.15) is 43.2 Å². The van der Waals surface area contributed by atoms with Gasteiger partial charge in [-0.1, -0.05) is 36.2 Å². The number of amides is 1. The van der Waals surface area contributed by atoms with Crippen LogP contribution < -0.4 is 5.32 Å². The molecule has 0 saturated heterocycles. The van der Waals surface area contributed by atoms with Gasteiger partial charge in [0.2, 0.25) is 5.91 Å². The summed E-state index contributed by atoms with van der Waals surface area (Å²) in [5.74, 6) is 1.90. The van der Waals surface area contributed by atoms with Crippen molar-refractivity contribution >= 4 is 5.91 Å².